The van der Waals surface area contributed by atoms with Gasteiger partial charge in [0, 0.05) is 0 Å². The number of hydrogen-bond acceptors (Lipinski definition) is 4. The van der Waals surface area contributed by atoms with Crippen molar-refractivity contribution >= 4 is 16.0 Å². The molecule has 5 nitrogen and oxygen atoms in total. The van der Waals surface area contributed by atoms with Gasteiger partial charge in [-0.1, -0.05) is 12.0 Å². The maximum atomic E-state index is 11.9. The second kappa shape index (κ2) is 6.60. The van der Waals surface area contributed by atoms with Crippen molar-refractivity contribution < 1.29 is 31.1 Å². The van der Waals surface area contributed by atoms with Crippen LogP contribution in [0.15, 0.2) is 29.2 Å². The quantitative estimate of drug-likeness (QED) is 0.656. The average Bonchev–Trinajstić information content (AvgIpc) is 2.42. The van der Waals surface area contributed by atoms with Crippen LogP contribution in [0.3, 0.4) is 0 Å². The number of halogens is 3. The predicted molar refractivity (Wildman–Crippen MR) is 66.8 cm³/mol. The van der Waals surface area contributed by atoms with Crippen LogP contribution >= 0.6 is 0 Å². The topological polar surface area (TPSA) is 72.5 Å². The summed E-state index contributed by atoms with van der Waals surface area (Å²) in [6.07, 6.45) is 0.256. The second-order valence-electron chi connectivity index (χ2n) is 3.75. The fourth-order valence-corrected chi connectivity index (χ4v) is 2.22. The van der Waals surface area contributed by atoms with Crippen LogP contribution in [-0.4, -0.2) is 33.7 Å². The first-order valence-electron chi connectivity index (χ1n) is 5.43. The molecule has 0 fully saturated rings. The molecule has 0 spiro atoms. The van der Waals surface area contributed by atoms with Gasteiger partial charge >= 0.3 is 12.1 Å². The standard InChI is InChI=1S/C12H10F3NO4S/c1-2-6-16-21(18,19)10-5-3-4-9(7-10)11(17)20-8-12(13,14)15/h1,3-5,7,16H,6,8H2. The highest BCUT2D eigenvalue weighted by Crippen LogP contribution is 2.17. The van der Waals surface area contributed by atoms with Crippen LogP contribution in [-0.2, 0) is 14.8 Å². The molecule has 0 aliphatic carbocycles. The van der Waals surface area contributed by atoms with Crippen molar-refractivity contribution in [2.24, 2.45) is 0 Å². The summed E-state index contributed by atoms with van der Waals surface area (Å²) in [5.41, 5.74) is -0.317. The van der Waals surface area contributed by atoms with Gasteiger partial charge in [0.05, 0.1) is 17.0 Å². The Balaban J connectivity index is 2.91. The largest absolute Gasteiger partial charge is 0.452 e. The molecule has 0 unspecified atom stereocenters. The van der Waals surface area contributed by atoms with Crippen LogP contribution in [0.25, 0.3) is 0 Å². The minimum Gasteiger partial charge on any atom is -0.452 e. The van der Waals surface area contributed by atoms with Crippen LogP contribution in [0.2, 0.25) is 0 Å². The molecule has 0 radical (unpaired) electrons. The highest BCUT2D eigenvalue weighted by molar-refractivity contribution is 7.89. The predicted octanol–water partition coefficient (Wildman–Crippen LogP) is 1.32. The van der Waals surface area contributed by atoms with Crippen LogP contribution in [0.5, 0.6) is 0 Å². The van der Waals surface area contributed by atoms with Gasteiger partial charge in [-0.15, -0.1) is 6.42 Å². The molecule has 0 atom stereocenters. The van der Waals surface area contributed by atoms with Crippen molar-refractivity contribution in [3.8, 4) is 12.3 Å². The molecular weight excluding hydrogens is 311 g/mol. The molecule has 1 rings (SSSR count). The van der Waals surface area contributed by atoms with Crippen molar-refractivity contribution in [1.29, 1.82) is 0 Å². The normalized spacial score (nSPS) is 11.7. The van der Waals surface area contributed by atoms with Gasteiger partial charge in [-0.05, 0) is 18.2 Å². The molecule has 1 aromatic carbocycles. The number of benzene rings is 1. The molecule has 0 amide bonds. The lowest BCUT2D eigenvalue weighted by molar-refractivity contribution is -0.161. The lowest BCUT2D eigenvalue weighted by Gasteiger charge is -2.09. The van der Waals surface area contributed by atoms with Gasteiger partial charge in [-0.3, -0.25) is 0 Å². The molecular formula is C12H10F3NO4S. The molecule has 0 aliphatic heterocycles. The Labute approximate surface area is 119 Å². The van der Waals surface area contributed by atoms with Crippen LogP contribution < -0.4 is 4.72 Å². The number of alkyl halides is 3. The van der Waals surface area contributed by atoms with Gasteiger partial charge in [0.25, 0.3) is 0 Å². The van der Waals surface area contributed by atoms with E-state index in [9.17, 15) is 26.4 Å². The first-order valence-corrected chi connectivity index (χ1v) is 6.91. The van der Waals surface area contributed by atoms with Crippen molar-refractivity contribution in [3.63, 3.8) is 0 Å². The Morgan fingerprint density at radius 1 is 1.38 bits per heavy atom. The Hall–Kier alpha value is -2.05. The summed E-state index contributed by atoms with van der Waals surface area (Å²) >= 11 is 0. The molecule has 114 valence electrons. The maximum absolute atomic E-state index is 11.9. The molecule has 0 saturated carbocycles. The third-order valence-electron chi connectivity index (χ3n) is 2.11. The van der Waals surface area contributed by atoms with Crippen LogP contribution in [0.4, 0.5) is 13.2 Å². The number of hydrogen-bond donors (Lipinski definition) is 1. The van der Waals surface area contributed by atoms with E-state index in [0.717, 1.165) is 12.1 Å². The van der Waals surface area contributed by atoms with Crippen LogP contribution in [0.1, 0.15) is 10.4 Å². The fourth-order valence-electron chi connectivity index (χ4n) is 1.24. The number of sulfonamides is 1. The molecule has 21 heavy (non-hydrogen) atoms. The Morgan fingerprint density at radius 2 is 2.05 bits per heavy atom. The number of ether oxygens (including phenoxy) is 1. The summed E-state index contributed by atoms with van der Waals surface area (Å²) in [5.74, 6) is 0.784. The van der Waals surface area contributed by atoms with E-state index < -0.39 is 28.8 Å². The summed E-state index contributed by atoms with van der Waals surface area (Å²) < 4.78 is 65.4. The summed E-state index contributed by atoms with van der Waals surface area (Å²) in [6, 6.07) is 4.41. The minimum atomic E-state index is -4.66. The minimum absolute atomic E-state index is 0.259. The number of carbonyl (C=O) groups is 1. The van der Waals surface area contributed by atoms with Crippen molar-refractivity contribution in [3.05, 3.63) is 29.8 Å². The number of terminal acetylenes is 1. The Kier molecular flexibility index (Phi) is 5.34. The third-order valence-corrected chi connectivity index (χ3v) is 3.51. The number of rotatable bonds is 5. The van der Waals surface area contributed by atoms with Crippen molar-refractivity contribution in [2.45, 2.75) is 11.1 Å². The van der Waals surface area contributed by atoms with Gasteiger partial charge in [0.1, 0.15) is 0 Å². The van der Waals surface area contributed by atoms with E-state index >= 15 is 0 Å². The molecule has 1 aromatic rings. The van der Waals surface area contributed by atoms with Gasteiger partial charge in [0.2, 0.25) is 10.0 Å². The summed E-state index contributed by atoms with van der Waals surface area (Å²) in [6.45, 7) is -2.01. The summed E-state index contributed by atoms with van der Waals surface area (Å²) in [7, 11) is -3.94. The highest BCUT2D eigenvalue weighted by atomic mass is 32.2. The van der Waals surface area contributed by atoms with Crippen molar-refractivity contribution in [1.82, 2.24) is 4.72 Å². The Morgan fingerprint density at radius 3 is 2.62 bits per heavy atom. The van der Waals surface area contributed by atoms with E-state index in [1.165, 1.54) is 12.1 Å². The highest BCUT2D eigenvalue weighted by Gasteiger charge is 2.30. The van der Waals surface area contributed by atoms with E-state index in [0.29, 0.717) is 0 Å². The molecule has 0 saturated heterocycles. The molecule has 0 aliphatic rings. The monoisotopic (exact) mass is 321 g/mol. The van der Waals surface area contributed by atoms with Gasteiger partial charge in [-0.25, -0.2) is 13.2 Å². The van der Waals surface area contributed by atoms with Gasteiger partial charge in [0.15, 0.2) is 6.61 Å². The van der Waals surface area contributed by atoms with E-state index in [2.05, 4.69) is 15.4 Å². The molecule has 0 bridgehead atoms. The third kappa shape index (κ3) is 5.45. The number of carbonyl (C=O) groups excluding carboxylic acids is 1. The van der Waals surface area contributed by atoms with E-state index in [4.69, 9.17) is 6.42 Å². The maximum Gasteiger partial charge on any atom is 0.422 e. The first-order chi connectivity index (χ1) is 9.65. The van der Waals surface area contributed by atoms with Gasteiger partial charge < -0.3 is 4.74 Å². The van der Waals surface area contributed by atoms with E-state index in [-0.39, 0.29) is 17.0 Å². The molecule has 9 heteroatoms. The van der Waals surface area contributed by atoms with E-state index in [1.54, 1.807) is 0 Å². The SMILES string of the molecule is C#CCNS(=O)(=O)c1cccc(C(=O)OCC(F)(F)F)c1. The zero-order valence-electron chi connectivity index (χ0n) is 10.5. The summed E-state index contributed by atoms with van der Waals surface area (Å²) in [5, 5.41) is 0. The molecule has 0 aromatic heterocycles. The molecule has 1 N–H and O–H groups in total. The zero-order chi connectivity index (χ0) is 16.1. The van der Waals surface area contributed by atoms with E-state index in [1.807, 2.05) is 0 Å². The lowest BCUT2D eigenvalue weighted by atomic mass is 10.2. The fraction of sp³-hybridized carbons (Fsp3) is 0.250. The first kappa shape index (κ1) is 17.0. The van der Waals surface area contributed by atoms with Crippen molar-refractivity contribution in [2.75, 3.05) is 13.2 Å². The zero-order valence-corrected chi connectivity index (χ0v) is 11.3. The average molecular weight is 321 g/mol. The number of esters is 1. The number of nitrogens with one attached hydrogen (secondary N) is 1. The Bertz CT molecular complexity index is 662. The smallest absolute Gasteiger partial charge is 0.422 e. The lowest BCUT2D eigenvalue weighted by Crippen LogP contribution is -2.24. The second-order valence-corrected chi connectivity index (χ2v) is 5.51. The summed E-state index contributed by atoms with van der Waals surface area (Å²) in [4.78, 5) is 11.1. The van der Waals surface area contributed by atoms with Gasteiger partial charge in [-0.2, -0.15) is 17.9 Å². The van der Waals surface area contributed by atoms with Crippen LogP contribution in [0, 0.1) is 12.3 Å². The molecule has 0 heterocycles.